The number of carboxylic acids is 1. The van der Waals surface area contributed by atoms with Crippen molar-refractivity contribution in [2.75, 3.05) is 23.3 Å². The van der Waals surface area contributed by atoms with Gasteiger partial charge in [-0.2, -0.15) is 13.2 Å². The van der Waals surface area contributed by atoms with E-state index in [-0.39, 0.29) is 47.2 Å². The Kier molecular flexibility index (Phi) is 8.05. The number of rotatable bonds is 8. The van der Waals surface area contributed by atoms with Gasteiger partial charge in [-0.25, -0.2) is 13.2 Å². The summed E-state index contributed by atoms with van der Waals surface area (Å²) in [6.45, 7) is 2.80. The molecule has 2 aromatic rings. The van der Waals surface area contributed by atoms with E-state index in [4.69, 9.17) is 14.6 Å². The zero-order chi connectivity index (χ0) is 28.5. The molecule has 14 heteroatoms. The number of aryl methyl sites for hydroxylation is 1. The molecule has 1 heterocycles. The summed E-state index contributed by atoms with van der Waals surface area (Å²) in [5, 5.41) is 11.2. The third-order valence-electron chi connectivity index (χ3n) is 5.74. The molecule has 0 saturated carbocycles. The van der Waals surface area contributed by atoms with E-state index in [0.717, 1.165) is 4.31 Å². The van der Waals surface area contributed by atoms with Crippen molar-refractivity contribution in [2.24, 2.45) is 0 Å². The third kappa shape index (κ3) is 6.23. The molecule has 0 fully saturated rings. The van der Waals surface area contributed by atoms with Crippen molar-refractivity contribution in [3.8, 4) is 11.5 Å². The fraction of sp³-hybridized carbons (Fsp3) is 0.417. The van der Waals surface area contributed by atoms with Gasteiger partial charge < -0.3 is 19.3 Å². The molecule has 0 bridgehead atoms. The topological polar surface area (TPSA) is 131 Å². The van der Waals surface area contributed by atoms with E-state index >= 15 is 0 Å². The summed E-state index contributed by atoms with van der Waals surface area (Å²) in [6, 6.07) is 8.39. The molecular weight excluding hydrogens is 533 g/mol. The van der Waals surface area contributed by atoms with Gasteiger partial charge in [-0.1, -0.05) is 6.07 Å². The zero-order valence-corrected chi connectivity index (χ0v) is 21.8. The molecule has 3 rings (SSSR count). The SMILES string of the molecule is COc1ccc(C)cc1S(=O)(=O)N1C[C@H](CCC(=O)O)Oc2ccc(NC(=O)OC(C)(C)C(F)(F)F)cc21. The summed E-state index contributed by atoms with van der Waals surface area (Å²) >= 11 is 0. The normalized spacial score (nSPS) is 15.8. The quantitative estimate of drug-likeness (QED) is 0.475. The molecule has 0 spiro atoms. The first-order chi connectivity index (χ1) is 17.5. The summed E-state index contributed by atoms with van der Waals surface area (Å²) < 4.78 is 83.5. The highest BCUT2D eigenvalue weighted by atomic mass is 32.2. The van der Waals surface area contributed by atoms with Crippen LogP contribution in [-0.2, 0) is 19.6 Å². The van der Waals surface area contributed by atoms with Crippen molar-refractivity contribution < 1.29 is 50.5 Å². The summed E-state index contributed by atoms with van der Waals surface area (Å²) in [4.78, 5) is 23.1. The third-order valence-corrected chi connectivity index (χ3v) is 7.54. The molecule has 0 saturated heterocycles. The minimum atomic E-state index is -4.82. The van der Waals surface area contributed by atoms with Gasteiger partial charge in [0.15, 0.2) is 0 Å². The Morgan fingerprint density at radius 1 is 1.18 bits per heavy atom. The molecule has 1 aliphatic heterocycles. The predicted octanol–water partition coefficient (Wildman–Crippen LogP) is 4.71. The lowest BCUT2D eigenvalue weighted by Gasteiger charge is -2.36. The molecule has 1 amide bonds. The van der Waals surface area contributed by atoms with Gasteiger partial charge in [0.1, 0.15) is 22.5 Å². The Labute approximate surface area is 217 Å². The van der Waals surface area contributed by atoms with Crippen LogP contribution in [0.4, 0.5) is 29.3 Å². The Hall–Kier alpha value is -3.68. The van der Waals surface area contributed by atoms with E-state index < -0.39 is 40.0 Å². The van der Waals surface area contributed by atoms with Crippen LogP contribution in [-0.4, -0.2) is 57.1 Å². The van der Waals surface area contributed by atoms with Crippen molar-refractivity contribution in [3.05, 3.63) is 42.0 Å². The molecular formula is C24H27F3N2O8S. The maximum atomic E-state index is 13.8. The summed E-state index contributed by atoms with van der Waals surface area (Å²) in [5.74, 6) is -0.955. The fourth-order valence-electron chi connectivity index (χ4n) is 3.59. The van der Waals surface area contributed by atoms with E-state index in [2.05, 4.69) is 10.1 Å². The first-order valence-electron chi connectivity index (χ1n) is 11.3. The highest BCUT2D eigenvalue weighted by Crippen LogP contribution is 2.41. The van der Waals surface area contributed by atoms with Gasteiger partial charge >= 0.3 is 18.2 Å². The fourth-order valence-corrected chi connectivity index (χ4v) is 5.33. The Bertz CT molecular complexity index is 1330. The Morgan fingerprint density at radius 3 is 2.47 bits per heavy atom. The Balaban J connectivity index is 2.02. The monoisotopic (exact) mass is 560 g/mol. The Morgan fingerprint density at radius 2 is 1.87 bits per heavy atom. The van der Waals surface area contributed by atoms with Crippen LogP contribution in [0.15, 0.2) is 41.3 Å². The lowest BCUT2D eigenvalue weighted by Crippen LogP contribution is -2.44. The molecule has 0 unspecified atom stereocenters. The number of benzene rings is 2. The van der Waals surface area contributed by atoms with Gasteiger partial charge in [-0.15, -0.1) is 0 Å². The molecule has 208 valence electrons. The molecule has 0 radical (unpaired) electrons. The first-order valence-corrected chi connectivity index (χ1v) is 12.8. The predicted molar refractivity (Wildman–Crippen MR) is 130 cm³/mol. The van der Waals surface area contributed by atoms with Crippen LogP contribution in [0.2, 0.25) is 0 Å². The number of sulfonamides is 1. The van der Waals surface area contributed by atoms with Crippen molar-refractivity contribution in [1.29, 1.82) is 0 Å². The number of amides is 1. The number of halogens is 3. The molecule has 2 aromatic carbocycles. The molecule has 2 N–H and O–H groups in total. The second kappa shape index (κ2) is 10.6. The number of anilines is 2. The largest absolute Gasteiger partial charge is 0.495 e. The van der Waals surface area contributed by atoms with Gasteiger partial charge in [-0.05, 0) is 63.1 Å². The van der Waals surface area contributed by atoms with Gasteiger partial charge in [-0.3, -0.25) is 14.4 Å². The number of hydrogen-bond donors (Lipinski definition) is 2. The minimum absolute atomic E-state index is 0.00456. The number of fused-ring (bicyclic) bond motifs is 1. The van der Waals surface area contributed by atoms with E-state index in [9.17, 15) is 31.2 Å². The van der Waals surface area contributed by atoms with E-state index in [1.54, 1.807) is 13.0 Å². The number of aliphatic carboxylic acids is 1. The number of carbonyl (C=O) groups excluding carboxylic acids is 1. The number of ether oxygens (including phenoxy) is 3. The number of alkyl halides is 3. The van der Waals surface area contributed by atoms with Crippen molar-refractivity contribution >= 4 is 33.5 Å². The zero-order valence-electron chi connectivity index (χ0n) is 21.0. The molecule has 10 nitrogen and oxygen atoms in total. The lowest BCUT2D eigenvalue weighted by atomic mass is 10.1. The van der Waals surface area contributed by atoms with Gasteiger partial charge in [0, 0.05) is 12.1 Å². The highest BCUT2D eigenvalue weighted by Gasteiger charge is 2.51. The number of methoxy groups -OCH3 is 1. The lowest BCUT2D eigenvalue weighted by molar-refractivity contribution is -0.242. The van der Waals surface area contributed by atoms with Crippen molar-refractivity contribution in [2.45, 2.75) is 56.4 Å². The maximum Gasteiger partial charge on any atom is 0.427 e. The minimum Gasteiger partial charge on any atom is -0.495 e. The van der Waals surface area contributed by atoms with Crippen molar-refractivity contribution in [1.82, 2.24) is 0 Å². The molecule has 1 atom stereocenters. The summed E-state index contributed by atoms with van der Waals surface area (Å²) in [7, 11) is -3.01. The van der Waals surface area contributed by atoms with Gasteiger partial charge in [0.25, 0.3) is 10.0 Å². The van der Waals surface area contributed by atoms with Gasteiger partial charge in [0.2, 0.25) is 5.60 Å². The average molecular weight is 561 g/mol. The number of carboxylic acid groups (broad SMARTS) is 1. The van der Waals surface area contributed by atoms with Crippen LogP contribution in [0.25, 0.3) is 0 Å². The average Bonchev–Trinajstić information content (AvgIpc) is 2.81. The maximum absolute atomic E-state index is 13.8. The molecule has 0 aromatic heterocycles. The molecule has 0 aliphatic carbocycles. The number of nitrogens with one attached hydrogen (secondary N) is 1. The van der Waals surface area contributed by atoms with Crippen LogP contribution in [0.3, 0.4) is 0 Å². The molecule has 1 aliphatic rings. The standard InChI is InChI=1S/C24H27F3N2O8S/c1-14-5-8-19(35-4)20(11-14)38(33,34)29-13-16(7-10-21(30)31)36-18-9-6-15(12-17(18)29)28-22(32)37-23(2,3)24(25,26)27/h5-6,8-9,11-12,16H,7,10,13H2,1-4H3,(H,28,32)(H,30,31)/t16-/m0/s1. The molecule has 38 heavy (non-hydrogen) atoms. The van der Waals surface area contributed by atoms with Crippen molar-refractivity contribution in [3.63, 3.8) is 0 Å². The number of carbonyl (C=O) groups is 2. The van der Waals surface area contributed by atoms with E-state index in [1.165, 1.54) is 37.4 Å². The highest BCUT2D eigenvalue weighted by molar-refractivity contribution is 7.93. The van der Waals surface area contributed by atoms with Crippen LogP contribution in [0.1, 0.15) is 32.3 Å². The van der Waals surface area contributed by atoms with E-state index in [0.29, 0.717) is 19.4 Å². The van der Waals surface area contributed by atoms with Crippen LogP contribution in [0.5, 0.6) is 11.5 Å². The van der Waals surface area contributed by atoms with E-state index in [1.807, 2.05) is 0 Å². The van der Waals surface area contributed by atoms with Crippen LogP contribution < -0.4 is 19.1 Å². The summed E-state index contributed by atoms with van der Waals surface area (Å²) in [6.07, 6.45) is -7.32. The van der Waals surface area contributed by atoms with Crippen LogP contribution in [0, 0.1) is 6.92 Å². The number of hydrogen-bond acceptors (Lipinski definition) is 7. The first kappa shape index (κ1) is 28.9. The summed E-state index contributed by atoms with van der Waals surface area (Å²) in [5.41, 5.74) is -2.22. The smallest absolute Gasteiger partial charge is 0.427 e. The van der Waals surface area contributed by atoms with Gasteiger partial charge in [0.05, 0.1) is 19.3 Å². The second-order valence-electron chi connectivity index (χ2n) is 9.07. The second-order valence-corrected chi connectivity index (χ2v) is 10.9. The van der Waals surface area contributed by atoms with Crippen LogP contribution >= 0.6 is 0 Å². The number of nitrogens with zero attached hydrogens (tertiary/aromatic N) is 1.